The normalized spacial score (nSPS) is 10.3. The predicted molar refractivity (Wildman–Crippen MR) is 72.0 cm³/mol. The van der Waals surface area contributed by atoms with Gasteiger partial charge in [0.1, 0.15) is 0 Å². The SMILES string of the molecule is CSCCCCNc1cccc(Cl)c1N. The van der Waals surface area contributed by atoms with Gasteiger partial charge in [0, 0.05) is 6.54 Å². The molecule has 0 atom stereocenters. The maximum atomic E-state index is 5.91. The first kappa shape index (κ1) is 12.5. The standard InChI is InChI=1S/C11H17ClN2S/c1-15-8-3-2-7-14-10-6-4-5-9(12)11(10)13/h4-6,14H,2-3,7-8,13H2,1H3. The average molecular weight is 245 g/mol. The quantitative estimate of drug-likeness (QED) is 0.595. The van der Waals surface area contributed by atoms with E-state index < -0.39 is 0 Å². The Kier molecular flexibility index (Phi) is 5.73. The summed E-state index contributed by atoms with van der Waals surface area (Å²) in [6.45, 7) is 0.950. The molecule has 0 spiro atoms. The lowest BCUT2D eigenvalue weighted by atomic mass is 10.2. The Balaban J connectivity index is 2.34. The fourth-order valence-corrected chi connectivity index (χ4v) is 1.95. The Morgan fingerprint density at radius 2 is 2.20 bits per heavy atom. The van der Waals surface area contributed by atoms with E-state index in [4.69, 9.17) is 17.3 Å². The van der Waals surface area contributed by atoms with E-state index in [0.29, 0.717) is 10.7 Å². The van der Waals surface area contributed by atoms with Crippen LogP contribution in [-0.2, 0) is 0 Å². The summed E-state index contributed by atoms with van der Waals surface area (Å²) in [7, 11) is 0. The highest BCUT2D eigenvalue weighted by Gasteiger charge is 2.01. The molecule has 0 radical (unpaired) electrons. The van der Waals surface area contributed by atoms with Gasteiger partial charge >= 0.3 is 0 Å². The van der Waals surface area contributed by atoms with Crippen LogP contribution in [-0.4, -0.2) is 18.6 Å². The Bertz CT molecular complexity index is 305. The van der Waals surface area contributed by atoms with Crippen LogP contribution in [0.4, 0.5) is 11.4 Å². The summed E-state index contributed by atoms with van der Waals surface area (Å²) in [4.78, 5) is 0. The number of hydrogen-bond donors (Lipinski definition) is 2. The lowest BCUT2D eigenvalue weighted by Crippen LogP contribution is -2.04. The third-order valence-corrected chi connectivity index (χ3v) is 3.17. The van der Waals surface area contributed by atoms with E-state index in [1.54, 1.807) is 6.07 Å². The zero-order valence-electron chi connectivity index (χ0n) is 8.92. The second-order valence-corrected chi connectivity index (χ2v) is 4.72. The molecule has 0 saturated heterocycles. The Hall–Kier alpha value is -0.540. The number of rotatable bonds is 6. The summed E-state index contributed by atoms with van der Waals surface area (Å²) >= 11 is 7.79. The molecular weight excluding hydrogens is 228 g/mol. The number of anilines is 2. The lowest BCUT2D eigenvalue weighted by Gasteiger charge is -2.09. The van der Waals surface area contributed by atoms with Crippen LogP contribution in [0.2, 0.25) is 5.02 Å². The third kappa shape index (κ3) is 4.22. The smallest absolute Gasteiger partial charge is 0.0739 e. The minimum absolute atomic E-state index is 0.615. The first-order valence-electron chi connectivity index (χ1n) is 5.02. The highest BCUT2D eigenvalue weighted by atomic mass is 35.5. The molecule has 1 rings (SSSR count). The Morgan fingerprint density at radius 1 is 1.40 bits per heavy atom. The fourth-order valence-electron chi connectivity index (χ4n) is 1.29. The van der Waals surface area contributed by atoms with E-state index in [9.17, 15) is 0 Å². The van der Waals surface area contributed by atoms with Crippen LogP contribution in [0, 0.1) is 0 Å². The van der Waals surface area contributed by atoms with E-state index in [1.807, 2.05) is 23.9 Å². The van der Waals surface area contributed by atoms with Gasteiger partial charge in [-0.2, -0.15) is 11.8 Å². The molecule has 0 aliphatic heterocycles. The van der Waals surface area contributed by atoms with Crippen LogP contribution < -0.4 is 11.1 Å². The third-order valence-electron chi connectivity index (χ3n) is 2.14. The molecule has 0 aliphatic rings. The fraction of sp³-hybridized carbons (Fsp3) is 0.455. The van der Waals surface area contributed by atoms with E-state index in [-0.39, 0.29) is 0 Å². The second-order valence-electron chi connectivity index (χ2n) is 3.33. The number of para-hydroxylation sites is 1. The van der Waals surface area contributed by atoms with Gasteiger partial charge in [-0.15, -0.1) is 0 Å². The zero-order chi connectivity index (χ0) is 11.1. The summed E-state index contributed by atoms with van der Waals surface area (Å²) in [5.74, 6) is 1.21. The van der Waals surface area contributed by atoms with E-state index >= 15 is 0 Å². The number of halogens is 1. The van der Waals surface area contributed by atoms with Crippen molar-refractivity contribution >= 4 is 34.7 Å². The maximum absolute atomic E-state index is 5.91. The van der Waals surface area contributed by atoms with Gasteiger partial charge in [0.2, 0.25) is 0 Å². The van der Waals surface area contributed by atoms with Gasteiger partial charge in [-0.3, -0.25) is 0 Å². The van der Waals surface area contributed by atoms with Crippen LogP contribution in [0.3, 0.4) is 0 Å². The van der Waals surface area contributed by atoms with Crippen LogP contribution in [0.25, 0.3) is 0 Å². The molecular formula is C11H17ClN2S. The molecule has 4 heteroatoms. The topological polar surface area (TPSA) is 38.0 Å². The molecule has 0 heterocycles. The largest absolute Gasteiger partial charge is 0.396 e. The van der Waals surface area contributed by atoms with Crippen molar-refractivity contribution in [3.05, 3.63) is 23.2 Å². The number of nitrogens with one attached hydrogen (secondary N) is 1. The van der Waals surface area contributed by atoms with Gasteiger partial charge in [-0.05, 0) is 37.0 Å². The van der Waals surface area contributed by atoms with E-state index in [0.717, 1.165) is 18.7 Å². The zero-order valence-corrected chi connectivity index (χ0v) is 10.5. The molecule has 0 saturated carbocycles. The summed E-state index contributed by atoms with van der Waals surface area (Å²) in [6, 6.07) is 5.66. The highest BCUT2D eigenvalue weighted by Crippen LogP contribution is 2.26. The number of nitrogens with two attached hydrogens (primary N) is 1. The molecule has 84 valence electrons. The molecule has 0 aromatic heterocycles. The van der Waals surface area contributed by atoms with Crippen LogP contribution >= 0.6 is 23.4 Å². The molecule has 3 N–H and O–H groups in total. The number of hydrogen-bond acceptors (Lipinski definition) is 3. The molecule has 2 nitrogen and oxygen atoms in total. The van der Waals surface area contributed by atoms with E-state index in [1.165, 1.54) is 12.2 Å². The van der Waals surface area contributed by atoms with Crippen molar-refractivity contribution in [1.82, 2.24) is 0 Å². The maximum Gasteiger partial charge on any atom is 0.0739 e. The van der Waals surface area contributed by atoms with Gasteiger partial charge in [0.25, 0.3) is 0 Å². The molecule has 0 amide bonds. The first-order valence-corrected chi connectivity index (χ1v) is 6.79. The minimum Gasteiger partial charge on any atom is -0.396 e. The molecule has 1 aromatic rings. The molecule has 0 fully saturated rings. The van der Waals surface area contributed by atoms with Crippen molar-refractivity contribution in [2.45, 2.75) is 12.8 Å². The molecule has 0 aliphatic carbocycles. The Labute approximate surface area is 101 Å². The summed E-state index contributed by atoms with van der Waals surface area (Å²) in [5.41, 5.74) is 7.40. The van der Waals surface area contributed by atoms with Crippen molar-refractivity contribution < 1.29 is 0 Å². The number of benzene rings is 1. The van der Waals surface area contributed by atoms with Gasteiger partial charge in [0.15, 0.2) is 0 Å². The van der Waals surface area contributed by atoms with Crippen molar-refractivity contribution in [3.8, 4) is 0 Å². The Morgan fingerprint density at radius 3 is 2.93 bits per heavy atom. The number of nitrogen functional groups attached to an aromatic ring is 1. The predicted octanol–water partition coefficient (Wildman–Crippen LogP) is 3.48. The number of thioether (sulfide) groups is 1. The summed E-state index contributed by atoms with van der Waals surface area (Å²) < 4.78 is 0. The van der Waals surface area contributed by atoms with Gasteiger partial charge in [-0.1, -0.05) is 17.7 Å². The van der Waals surface area contributed by atoms with Crippen LogP contribution in [0.5, 0.6) is 0 Å². The second kappa shape index (κ2) is 6.85. The van der Waals surface area contributed by atoms with Gasteiger partial charge in [-0.25, -0.2) is 0 Å². The molecule has 0 unspecified atom stereocenters. The summed E-state index contributed by atoms with van der Waals surface area (Å²) in [5, 5.41) is 3.91. The van der Waals surface area contributed by atoms with Crippen molar-refractivity contribution in [3.63, 3.8) is 0 Å². The molecule has 0 bridgehead atoms. The minimum atomic E-state index is 0.615. The van der Waals surface area contributed by atoms with Crippen LogP contribution in [0.1, 0.15) is 12.8 Å². The van der Waals surface area contributed by atoms with Crippen molar-refractivity contribution in [2.24, 2.45) is 0 Å². The molecule has 1 aromatic carbocycles. The monoisotopic (exact) mass is 244 g/mol. The van der Waals surface area contributed by atoms with Crippen molar-refractivity contribution in [1.29, 1.82) is 0 Å². The number of unbranched alkanes of at least 4 members (excludes halogenated alkanes) is 1. The van der Waals surface area contributed by atoms with Crippen LogP contribution in [0.15, 0.2) is 18.2 Å². The van der Waals surface area contributed by atoms with Gasteiger partial charge < -0.3 is 11.1 Å². The van der Waals surface area contributed by atoms with E-state index in [2.05, 4.69) is 11.6 Å². The van der Waals surface area contributed by atoms with Crippen molar-refractivity contribution in [2.75, 3.05) is 29.6 Å². The summed E-state index contributed by atoms with van der Waals surface area (Å²) in [6.07, 6.45) is 4.52. The first-order chi connectivity index (χ1) is 7.25. The molecule has 15 heavy (non-hydrogen) atoms. The average Bonchev–Trinajstić information content (AvgIpc) is 2.24. The van der Waals surface area contributed by atoms with Gasteiger partial charge in [0.05, 0.1) is 16.4 Å². The lowest BCUT2D eigenvalue weighted by molar-refractivity contribution is 0.843. The highest BCUT2D eigenvalue weighted by molar-refractivity contribution is 7.98.